The van der Waals surface area contributed by atoms with E-state index in [1.807, 2.05) is 24.3 Å². The molecule has 0 atom stereocenters. The maximum absolute atomic E-state index is 11.9. The van der Waals surface area contributed by atoms with E-state index in [2.05, 4.69) is 31.3 Å². The van der Waals surface area contributed by atoms with Gasteiger partial charge in [-0.05, 0) is 48.8 Å². The second-order valence-electron chi connectivity index (χ2n) is 7.54. The van der Waals surface area contributed by atoms with E-state index in [0.717, 1.165) is 18.6 Å². The molecule has 0 radical (unpaired) electrons. The number of amides is 1. The van der Waals surface area contributed by atoms with Crippen LogP contribution in [0.5, 0.6) is 5.75 Å². The molecule has 0 spiro atoms. The van der Waals surface area contributed by atoms with E-state index >= 15 is 0 Å². The summed E-state index contributed by atoms with van der Waals surface area (Å²) in [6, 6.07) is 7.91. The number of ether oxygens (including phenoxy) is 1. The van der Waals surface area contributed by atoms with Crippen LogP contribution in [0, 0.1) is 0 Å². The Kier molecular flexibility index (Phi) is 6.83. The van der Waals surface area contributed by atoms with Gasteiger partial charge in [0.1, 0.15) is 5.75 Å². The lowest BCUT2D eigenvalue weighted by atomic mass is 9.87. The van der Waals surface area contributed by atoms with Crippen LogP contribution in [0.2, 0.25) is 0 Å². The molecule has 1 aromatic rings. The molecule has 1 aliphatic rings. The number of carbonyl (C=O) groups is 1. The summed E-state index contributed by atoms with van der Waals surface area (Å²) in [6.07, 6.45) is 8.18. The van der Waals surface area contributed by atoms with Gasteiger partial charge in [-0.15, -0.1) is 0 Å². The highest BCUT2D eigenvalue weighted by Crippen LogP contribution is 2.24. The molecule has 4 nitrogen and oxygen atoms in total. The summed E-state index contributed by atoms with van der Waals surface area (Å²) in [5.74, 6) is 0.501. The molecule has 4 heteroatoms. The summed E-state index contributed by atoms with van der Waals surface area (Å²) in [4.78, 5) is 11.9. The smallest absolute Gasteiger partial charge is 0.277 e. The average molecular weight is 330 g/mol. The fourth-order valence-corrected chi connectivity index (χ4v) is 2.80. The van der Waals surface area contributed by atoms with Crippen molar-refractivity contribution in [3.8, 4) is 5.75 Å². The van der Waals surface area contributed by atoms with Crippen LogP contribution in [0.1, 0.15) is 71.3 Å². The predicted molar refractivity (Wildman–Crippen MR) is 98.5 cm³/mol. The van der Waals surface area contributed by atoms with Gasteiger partial charge in [0.15, 0.2) is 6.61 Å². The standard InChI is InChI=1S/C20H30N2O2/c1-20(2,3)16-11-13-18(14-12-16)24-15-19(23)22-21-17-9-7-5-4-6-8-10-17/h11-14H,4-10,15H2,1-3H3,(H,22,23). The molecule has 1 saturated carbocycles. The van der Waals surface area contributed by atoms with Gasteiger partial charge in [0, 0.05) is 5.71 Å². The third-order valence-electron chi connectivity index (χ3n) is 4.36. The molecule has 0 saturated heterocycles. The van der Waals surface area contributed by atoms with Gasteiger partial charge in [0.05, 0.1) is 0 Å². The van der Waals surface area contributed by atoms with Crippen molar-refractivity contribution in [3.63, 3.8) is 0 Å². The van der Waals surface area contributed by atoms with Gasteiger partial charge in [0.25, 0.3) is 5.91 Å². The van der Waals surface area contributed by atoms with Gasteiger partial charge in [-0.3, -0.25) is 4.79 Å². The van der Waals surface area contributed by atoms with Crippen molar-refractivity contribution in [3.05, 3.63) is 29.8 Å². The Balaban J connectivity index is 1.78. The van der Waals surface area contributed by atoms with Crippen LogP contribution >= 0.6 is 0 Å². The van der Waals surface area contributed by atoms with E-state index in [0.29, 0.717) is 5.75 Å². The van der Waals surface area contributed by atoms with Crippen LogP contribution in [-0.4, -0.2) is 18.2 Å². The van der Waals surface area contributed by atoms with Gasteiger partial charge in [0.2, 0.25) is 0 Å². The van der Waals surface area contributed by atoms with E-state index in [-0.39, 0.29) is 17.9 Å². The monoisotopic (exact) mass is 330 g/mol. The molecule has 1 amide bonds. The summed E-state index contributed by atoms with van der Waals surface area (Å²) < 4.78 is 5.54. The summed E-state index contributed by atoms with van der Waals surface area (Å²) in [7, 11) is 0. The van der Waals surface area contributed by atoms with Gasteiger partial charge in [-0.1, -0.05) is 52.2 Å². The minimum atomic E-state index is -0.204. The highest BCUT2D eigenvalue weighted by Gasteiger charge is 2.13. The molecule has 0 aromatic heterocycles. The molecule has 0 unspecified atom stereocenters. The molecule has 1 aromatic carbocycles. The molecular formula is C20H30N2O2. The first-order chi connectivity index (χ1) is 11.4. The summed E-state index contributed by atoms with van der Waals surface area (Å²) in [5, 5.41) is 4.28. The lowest BCUT2D eigenvalue weighted by molar-refractivity contribution is -0.123. The largest absolute Gasteiger partial charge is 0.484 e. The Labute approximate surface area is 145 Å². The quantitative estimate of drug-likeness (QED) is 0.822. The van der Waals surface area contributed by atoms with E-state index < -0.39 is 0 Å². The van der Waals surface area contributed by atoms with Crippen molar-refractivity contribution in [1.29, 1.82) is 0 Å². The van der Waals surface area contributed by atoms with Crippen molar-refractivity contribution in [2.24, 2.45) is 5.10 Å². The lowest BCUT2D eigenvalue weighted by Crippen LogP contribution is -2.26. The first-order valence-corrected chi connectivity index (χ1v) is 9.03. The number of rotatable bonds is 4. The molecular weight excluding hydrogens is 300 g/mol. The molecule has 2 rings (SSSR count). The van der Waals surface area contributed by atoms with Crippen LogP contribution in [0.15, 0.2) is 29.4 Å². The number of hydrazone groups is 1. The fourth-order valence-electron chi connectivity index (χ4n) is 2.80. The molecule has 1 fully saturated rings. The number of benzene rings is 1. The molecule has 0 heterocycles. The van der Waals surface area contributed by atoms with Crippen molar-refractivity contribution < 1.29 is 9.53 Å². The minimum absolute atomic E-state index is 0.00829. The second kappa shape index (κ2) is 8.86. The van der Waals surface area contributed by atoms with Crippen LogP contribution in [0.3, 0.4) is 0 Å². The van der Waals surface area contributed by atoms with E-state index in [4.69, 9.17) is 4.74 Å². The van der Waals surface area contributed by atoms with E-state index in [1.54, 1.807) is 0 Å². The Morgan fingerprint density at radius 1 is 1.04 bits per heavy atom. The molecule has 1 N–H and O–H groups in total. The van der Waals surface area contributed by atoms with Crippen LogP contribution in [0.4, 0.5) is 0 Å². The molecule has 1 aliphatic carbocycles. The number of nitrogens with zero attached hydrogens (tertiary/aromatic N) is 1. The maximum atomic E-state index is 11.9. The Hall–Kier alpha value is -1.84. The summed E-state index contributed by atoms with van der Waals surface area (Å²) in [6.45, 7) is 6.51. The fraction of sp³-hybridized carbons (Fsp3) is 0.600. The van der Waals surface area contributed by atoms with Gasteiger partial charge in [-0.25, -0.2) is 5.43 Å². The highest BCUT2D eigenvalue weighted by molar-refractivity contribution is 5.86. The van der Waals surface area contributed by atoms with Crippen molar-refractivity contribution in [2.75, 3.05) is 6.61 Å². The number of carbonyl (C=O) groups excluding carboxylic acids is 1. The first kappa shape index (κ1) is 18.5. The van der Waals surface area contributed by atoms with Crippen molar-refractivity contribution in [2.45, 2.75) is 71.1 Å². The Morgan fingerprint density at radius 2 is 1.62 bits per heavy atom. The predicted octanol–water partition coefficient (Wildman–Crippen LogP) is 4.58. The molecule has 0 bridgehead atoms. The van der Waals surface area contributed by atoms with E-state index in [1.165, 1.54) is 37.7 Å². The number of hydrogen-bond donors (Lipinski definition) is 1. The zero-order valence-electron chi connectivity index (χ0n) is 15.2. The minimum Gasteiger partial charge on any atom is -0.484 e. The highest BCUT2D eigenvalue weighted by atomic mass is 16.5. The average Bonchev–Trinajstić information content (AvgIpc) is 2.51. The SMILES string of the molecule is CC(C)(C)c1ccc(OCC(=O)NN=C2CCCCCCC2)cc1. The normalized spacial score (nSPS) is 16.0. The third-order valence-corrected chi connectivity index (χ3v) is 4.36. The molecule has 132 valence electrons. The van der Waals surface area contributed by atoms with Crippen molar-refractivity contribution in [1.82, 2.24) is 5.43 Å². The van der Waals surface area contributed by atoms with Gasteiger partial charge in [-0.2, -0.15) is 5.10 Å². The number of hydrogen-bond acceptors (Lipinski definition) is 3. The topological polar surface area (TPSA) is 50.7 Å². The summed E-state index contributed by atoms with van der Waals surface area (Å²) >= 11 is 0. The second-order valence-corrected chi connectivity index (χ2v) is 7.54. The molecule has 0 aliphatic heterocycles. The Morgan fingerprint density at radius 3 is 2.21 bits per heavy atom. The van der Waals surface area contributed by atoms with Crippen molar-refractivity contribution >= 4 is 11.6 Å². The maximum Gasteiger partial charge on any atom is 0.277 e. The van der Waals surface area contributed by atoms with Crippen LogP contribution in [-0.2, 0) is 10.2 Å². The van der Waals surface area contributed by atoms with E-state index in [9.17, 15) is 4.79 Å². The Bertz CT molecular complexity index is 546. The number of nitrogens with one attached hydrogen (secondary N) is 1. The van der Waals surface area contributed by atoms with Crippen LogP contribution < -0.4 is 10.2 Å². The first-order valence-electron chi connectivity index (χ1n) is 9.03. The zero-order valence-corrected chi connectivity index (χ0v) is 15.2. The van der Waals surface area contributed by atoms with Crippen LogP contribution in [0.25, 0.3) is 0 Å². The zero-order chi connectivity index (χ0) is 17.4. The third kappa shape index (κ3) is 6.34. The van der Waals surface area contributed by atoms with Gasteiger partial charge >= 0.3 is 0 Å². The lowest BCUT2D eigenvalue weighted by Gasteiger charge is -2.19. The summed E-state index contributed by atoms with van der Waals surface area (Å²) in [5.41, 5.74) is 5.10. The molecule has 24 heavy (non-hydrogen) atoms. The van der Waals surface area contributed by atoms with Gasteiger partial charge < -0.3 is 4.74 Å².